The number of aryl methyl sites for hydroxylation is 1. The predicted octanol–water partition coefficient (Wildman–Crippen LogP) is 11.6. The first-order chi connectivity index (χ1) is 41.6. The van der Waals surface area contributed by atoms with Gasteiger partial charge in [-0.05, 0) is 104 Å². The van der Waals surface area contributed by atoms with E-state index < -0.39 is 23.6 Å². The van der Waals surface area contributed by atoms with Crippen molar-refractivity contribution in [2.75, 3.05) is 13.1 Å². The zero-order valence-corrected chi connectivity index (χ0v) is 51.3. The first-order valence-electron chi connectivity index (χ1n) is 31.0. The molecule has 86 heavy (non-hydrogen) atoms. The number of benzene rings is 4. The van der Waals surface area contributed by atoms with Crippen LogP contribution in [0.15, 0.2) is 121 Å². The molecule has 0 bridgehead atoms. The molecule has 2 fully saturated rings. The van der Waals surface area contributed by atoms with E-state index in [0.717, 1.165) is 150 Å². The number of β-amino-alcohol motifs (C(OH)–C–C–N with tert-alkyl or cyclic N) is 1. The topological polar surface area (TPSA) is 208 Å². The lowest BCUT2D eigenvalue weighted by molar-refractivity contribution is -0.144. The highest BCUT2D eigenvalue weighted by Gasteiger charge is 2.44. The molecular formula is C70H85N9O6S. The molecule has 1 saturated heterocycles. The van der Waals surface area contributed by atoms with Crippen LogP contribution in [0.1, 0.15) is 158 Å². The minimum Gasteiger partial charge on any atom is -0.393 e. The monoisotopic (exact) mass is 1180 g/mol. The largest absolute Gasteiger partial charge is 0.393 e. The number of amides is 4. The lowest BCUT2D eigenvalue weighted by atomic mass is 9.85. The summed E-state index contributed by atoms with van der Waals surface area (Å²) in [6.07, 6.45) is 13.5. The minimum absolute atomic E-state index is 0.0252. The van der Waals surface area contributed by atoms with Crippen molar-refractivity contribution in [3.8, 4) is 44.7 Å². The molecule has 6 N–H and O–H groups in total. The van der Waals surface area contributed by atoms with E-state index in [1.807, 2.05) is 105 Å². The Kier molecular flexibility index (Phi) is 22.0. The van der Waals surface area contributed by atoms with Gasteiger partial charge in [-0.15, -0.1) is 11.3 Å². The van der Waals surface area contributed by atoms with E-state index in [4.69, 9.17) is 4.98 Å². The number of fused-ring (bicyclic) bond motifs is 1. The third kappa shape index (κ3) is 16.4. The molecule has 0 spiro atoms. The Balaban J connectivity index is 0.663. The molecule has 4 aromatic carbocycles. The van der Waals surface area contributed by atoms with Crippen LogP contribution in [0.5, 0.6) is 0 Å². The Morgan fingerprint density at radius 1 is 0.733 bits per heavy atom. The molecule has 9 rings (SSSR count). The highest BCUT2D eigenvalue weighted by Crippen LogP contribution is 2.40. The molecule has 3 aromatic heterocycles. The van der Waals surface area contributed by atoms with Crippen molar-refractivity contribution in [3.63, 3.8) is 0 Å². The third-order valence-corrected chi connectivity index (χ3v) is 17.8. The Morgan fingerprint density at radius 2 is 1.41 bits per heavy atom. The second kappa shape index (κ2) is 30.1. The number of aromatic nitrogens is 4. The fraction of sp³-hybridized carbons (Fsp3) is 0.443. The maximum absolute atomic E-state index is 14.1. The number of rotatable bonds is 25. The van der Waals surface area contributed by atoms with E-state index in [9.17, 15) is 34.8 Å². The van der Waals surface area contributed by atoms with E-state index in [1.54, 1.807) is 11.3 Å². The first kappa shape index (κ1) is 62.8. The van der Waals surface area contributed by atoms with Gasteiger partial charge in [-0.25, -0.2) is 9.97 Å². The summed E-state index contributed by atoms with van der Waals surface area (Å²) in [6.45, 7) is 9.11. The van der Waals surface area contributed by atoms with Crippen molar-refractivity contribution in [2.45, 2.75) is 180 Å². The van der Waals surface area contributed by atoms with Crippen LogP contribution in [0.3, 0.4) is 0 Å². The van der Waals surface area contributed by atoms with Crippen molar-refractivity contribution in [2.24, 2.45) is 5.41 Å². The van der Waals surface area contributed by atoms with Crippen molar-refractivity contribution < 1.29 is 29.4 Å². The molecular weight excluding hydrogens is 1090 g/mol. The van der Waals surface area contributed by atoms with Gasteiger partial charge in [-0.2, -0.15) is 0 Å². The molecule has 15 nitrogen and oxygen atoms in total. The molecule has 0 radical (unpaired) electrons. The Bertz CT molecular complexity index is 3530. The molecule has 16 heteroatoms. The number of nitrogens with one attached hydrogen (secondary N) is 4. The number of hydrogen-bond donors (Lipinski definition) is 6. The van der Waals surface area contributed by atoms with E-state index >= 15 is 0 Å². The fourth-order valence-corrected chi connectivity index (χ4v) is 12.8. The van der Waals surface area contributed by atoms with Gasteiger partial charge in [0.15, 0.2) is 0 Å². The molecule has 1 aliphatic heterocycles. The average Bonchev–Trinajstić information content (AvgIpc) is 2.50. The average molecular weight is 1180 g/mol. The second-order valence-electron chi connectivity index (χ2n) is 24.4. The summed E-state index contributed by atoms with van der Waals surface area (Å²) in [4.78, 5) is 65.5. The summed E-state index contributed by atoms with van der Waals surface area (Å²) < 4.78 is 4.27. The van der Waals surface area contributed by atoms with Gasteiger partial charge < -0.3 is 40.2 Å². The number of thiazole rings is 1. The van der Waals surface area contributed by atoms with E-state index in [2.05, 4.69) is 85.9 Å². The maximum Gasteiger partial charge on any atom is 0.246 e. The summed E-state index contributed by atoms with van der Waals surface area (Å²) in [5.74, 6) is 5.90. The van der Waals surface area contributed by atoms with Gasteiger partial charge in [0.2, 0.25) is 23.6 Å². The van der Waals surface area contributed by atoms with Crippen LogP contribution >= 0.6 is 11.3 Å². The number of carbonyl (C=O) groups excluding carboxylic acids is 4. The van der Waals surface area contributed by atoms with E-state index in [1.165, 1.54) is 4.90 Å². The lowest BCUT2D eigenvalue weighted by Gasteiger charge is -2.35. The number of aliphatic hydroxyl groups excluding tert-OH is 2. The first-order valence-corrected chi connectivity index (χ1v) is 31.9. The molecule has 7 aromatic rings. The van der Waals surface area contributed by atoms with Gasteiger partial charge in [0.05, 0.1) is 45.7 Å². The lowest BCUT2D eigenvalue weighted by Crippen LogP contribution is -2.57. The van der Waals surface area contributed by atoms with Crippen LogP contribution in [0, 0.1) is 29.6 Å². The fourth-order valence-electron chi connectivity index (χ4n) is 12.0. The summed E-state index contributed by atoms with van der Waals surface area (Å²) >= 11 is 1.58. The number of likely N-dealkylation sites (tertiary alicyclic amines) is 1. The van der Waals surface area contributed by atoms with Gasteiger partial charge in [0.1, 0.15) is 23.2 Å². The molecule has 1 aliphatic carbocycles. The smallest absolute Gasteiger partial charge is 0.246 e. The highest BCUT2D eigenvalue weighted by molar-refractivity contribution is 7.13. The normalized spacial score (nSPS) is 17.2. The molecule has 1 saturated carbocycles. The van der Waals surface area contributed by atoms with Gasteiger partial charge in [-0.3, -0.25) is 24.6 Å². The van der Waals surface area contributed by atoms with Crippen LogP contribution in [0.4, 0.5) is 0 Å². The van der Waals surface area contributed by atoms with Gasteiger partial charge in [0, 0.05) is 69.0 Å². The Hall–Kier alpha value is -7.71. The zero-order valence-electron chi connectivity index (χ0n) is 50.5. The Labute approximate surface area is 510 Å². The zero-order chi connectivity index (χ0) is 60.6. The van der Waals surface area contributed by atoms with Gasteiger partial charge in [-0.1, -0.05) is 162 Å². The Morgan fingerprint density at radius 3 is 2.08 bits per heavy atom. The van der Waals surface area contributed by atoms with Gasteiger partial charge >= 0.3 is 0 Å². The van der Waals surface area contributed by atoms with Crippen molar-refractivity contribution in [3.05, 3.63) is 149 Å². The van der Waals surface area contributed by atoms with Crippen molar-refractivity contribution in [1.29, 1.82) is 5.41 Å². The van der Waals surface area contributed by atoms with Gasteiger partial charge in [0.25, 0.3) is 0 Å². The SMILES string of the molecule is Cc1ncsc1-c1ccc(CNC(=O)[C@@H]2C[C@@H](O)CN2C(=O)[C@@H](NC(=O)CCCCCCCCCC(=O)NCCCCC#Cc2cccc(Cn3c(-c4ccccc4)c(-c4ccccc4)c4c(=N)n(C5CCC(O)CC5)cnc43)c2)C(C)(C)C)cc1. The van der Waals surface area contributed by atoms with Crippen molar-refractivity contribution in [1.82, 2.24) is 40.0 Å². The number of unbranched alkanes of at least 4 members (excludes halogenated alkanes) is 8. The highest BCUT2D eigenvalue weighted by atomic mass is 32.1. The number of aliphatic hydroxyl groups is 2. The molecule has 2 aliphatic rings. The van der Waals surface area contributed by atoms with E-state index in [-0.39, 0.29) is 61.7 Å². The maximum atomic E-state index is 14.1. The standard InChI is InChI=1S/C70H85N9O6S/c1-48-64(86-47-75-48)54-34-32-50(33-35-54)43-73-68(84)58-42-57(81)45-77(58)69(85)65(70(2,3)4)76-60(83)31-20-9-7-5-6-8-19-30-59(82)72-40-21-11-10-14-23-49-24-22-25-51(41-49)44-78-63(53-28-17-13-18-29-53)61(52-26-15-12-16-27-52)62-66(71)79(46-74-67(62)78)55-36-38-56(80)39-37-55/h12-13,15-18,22,24-29,32-35,41,46-47,55-58,65,71,80-81H,5-11,19-21,30-31,36-40,42-45H2,1-4H3,(H,72,82)(H,73,84)(H,76,83)/t55?,56?,57-,58+,65-/m1/s1. The molecule has 0 unspecified atom stereocenters. The van der Waals surface area contributed by atoms with Crippen molar-refractivity contribution >= 4 is 46.0 Å². The molecule has 452 valence electrons. The third-order valence-electron chi connectivity index (χ3n) is 16.8. The quantitative estimate of drug-likeness (QED) is 0.0239. The summed E-state index contributed by atoms with van der Waals surface area (Å²) in [5, 5.41) is 40.4. The van der Waals surface area contributed by atoms with Crippen LogP contribution < -0.4 is 21.4 Å². The number of hydrogen-bond acceptors (Lipinski definition) is 10. The summed E-state index contributed by atoms with van der Waals surface area (Å²) in [6, 6.07) is 35.4. The van der Waals surface area contributed by atoms with E-state index in [0.29, 0.717) is 31.4 Å². The predicted molar refractivity (Wildman–Crippen MR) is 340 cm³/mol. The molecule has 3 atom stereocenters. The van der Waals surface area contributed by atoms with Crippen LogP contribution in [-0.2, 0) is 32.3 Å². The number of nitrogens with zero attached hydrogens (tertiary/aromatic N) is 5. The molecule has 4 heterocycles. The van der Waals surface area contributed by atoms with Crippen LogP contribution in [0.2, 0.25) is 0 Å². The molecule has 4 amide bonds. The number of carbonyl (C=O) groups is 4. The summed E-state index contributed by atoms with van der Waals surface area (Å²) in [5.41, 5.74) is 11.4. The van der Waals surface area contributed by atoms with Crippen LogP contribution in [-0.4, -0.2) is 95.2 Å². The minimum atomic E-state index is -0.863. The van der Waals surface area contributed by atoms with Crippen LogP contribution in [0.25, 0.3) is 43.9 Å². The second-order valence-corrected chi connectivity index (χ2v) is 25.3. The summed E-state index contributed by atoms with van der Waals surface area (Å²) in [7, 11) is 0.